The fraction of sp³-hybridized carbons (Fsp3) is 0. The highest BCUT2D eigenvalue weighted by atomic mass is 127. The third-order valence-electron chi connectivity index (χ3n) is 2.21. The van der Waals surface area contributed by atoms with Crippen molar-refractivity contribution in [1.29, 1.82) is 0 Å². The highest BCUT2D eigenvalue weighted by molar-refractivity contribution is 14.1. The molecule has 0 bridgehead atoms. The summed E-state index contributed by atoms with van der Waals surface area (Å²) in [6.07, 6.45) is 0. The number of rotatable bonds is 2. The van der Waals surface area contributed by atoms with E-state index in [0.717, 1.165) is 14.9 Å². The molecule has 17 heavy (non-hydrogen) atoms. The molecule has 0 amide bonds. The fourth-order valence-corrected chi connectivity index (χ4v) is 2.27. The molecule has 2 nitrogen and oxygen atoms in total. The summed E-state index contributed by atoms with van der Waals surface area (Å²) < 4.78 is 14.6. The molecule has 0 saturated carbocycles. The van der Waals surface area contributed by atoms with E-state index in [0.29, 0.717) is 10.2 Å². The van der Waals surface area contributed by atoms with Gasteiger partial charge in [-0.1, -0.05) is 0 Å². The Hall–Kier alpha value is -0.820. The zero-order valence-electron chi connectivity index (χ0n) is 8.68. The van der Waals surface area contributed by atoms with Crippen LogP contribution in [0.15, 0.2) is 40.9 Å². The Labute approximate surface area is 121 Å². The van der Waals surface area contributed by atoms with Gasteiger partial charge >= 0.3 is 0 Å². The standard InChI is InChI=1S/C12H9BrFIN2/c13-9-6-8(2-3-10(9)14)17-12-4-1-7(15)5-11(12)16/h1-6,17H,16H2. The molecule has 0 aliphatic carbocycles. The van der Waals surface area contributed by atoms with Gasteiger partial charge in [0.25, 0.3) is 0 Å². The molecule has 88 valence electrons. The molecular weight excluding hydrogens is 398 g/mol. The lowest BCUT2D eigenvalue weighted by atomic mass is 10.2. The molecule has 0 saturated heterocycles. The number of nitrogens with two attached hydrogens (primary N) is 1. The van der Waals surface area contributed by atoms with Crippen molar-refractivity contribution in [2.75, 3.05) is 11.1 Å². The van der Waals surface area contributed by atoms with Gasteiger partial charge in [0.05, 0.1) is 15.8 Å². The summed E-state index contributed by atoms with van der Waals surface area (Å²) in [7, 11) is 0. The maximum Gasteiger partial charge on any atom is 0.137 e. The lowest BCUT2D eigenvalue weighted by Crippen LogP contribution is -1.97. The summed E-state index contributed by atoms with van der Waals surface area (Å²) in [6.45, 7) is 0. The van der Waals surface area contributed by atoms with Gasteiger partial charge < -0.3 is 11.1 Å². The Bertz CT molecular complexity index is 560. The van der Waals surface area contributed by atoms with Crippen molar-refractivity contribution < 1.29 is 4.39 Å². The minimum absolute atomic E-state index is 0.286. The monoisotopic (exact) mass is 406 g/mol. The first-order chi connectivity index (χ1) is 8.06. The molecule has 0 heterocycles. The summed E-state index contributed by atoms with van der Waals surface area (Å²) in [5.41, 5.74) is 8.14. The van der Waals surface area contributed by atoms with E-state index in [1.54, 1.807) is 12.1 Å². The van der Waals surface area contributed by atoms with Crippen LogP contribution >= 0.6 is 38.5 Å². The van der Waals surface area contributed by atoms with Crippen molar-refractivity contribution in [1.82, 2.24) is 0 Å². The highest BCUT2D eigenvalue weighted by Gasteiger charge is 2.03. The van der Waals surface area contributed by atoms with Crippen LogP contribution in [0, 0.1) is 9.39 Å². The number of benzene rings is 2. The van der Waals surface area contributed by atoms with Gasteiger partial charge in [0.1, 0.15) is 5.82 Å². The molecule has 0 aliphatic rings. The number of anilines is 3. The molecule has 0 aromatic heterocycles. The van der Waals surface area contributed by atoms with Gasteiger partial charge in [0, 0.05) is 9.26 Å². The number of nitrogens with one attached hydrogen (secondary N) is 1. The van der Waals surface area contributed by atoms with E-state index in [2.05, 4.69) is 43.8 Å². The molecule has 0 atom stereocenters. The van der Waals surface area contributed by atoms with E-state index in [4.69, 9.17) is 5.73 Å². The topological polar surface area (TPSA) is 38.0 Å². The first-order valence-electron chi connectivity index (χ1n) is 4.83. The average Bonchev–Trinajstić information content (AvgIpc) is 2.27. The second kappa shape index (κ2) is 5.22. The number of nitrogen functional groups attached to an aromatic ring is 1. The second-order valence-corrected chi connectivity index (χ2v) is 5.59. The minimum atomic E-state index is -0.286. The normalized spacial score (nSPS) is 10.3. The van der Waals surface area contributed by atoms with Crippen LogP contribution in [0.3, 0.4) is 0 Å². The fourth-order valence-electron chi connectivity index (χ4n) is 1.38. The van der Waals surface area contributed by atoms with Crippen LogP contribution in [0.4, 0.5) is 21.5 Å². The summed E-state index contributed by atoms with van der Waals surface area (Å²) in [4.78, 5) is 0. The van der Waals surface area contributed by atoms with Crippen LogP contribution in [0.1, 0.15) is 0 Å². The minimum Gasteiger partial charge on any atom is -0.397 e. The van der Waals surface area contributed by atoms with Crippen molar-refractivity contribution in [3.05, 3.63) is 50.3 Å². The Morgan fingerprint density at radius 3 is 2.59 bits per heavy atom. The van der Waals surface area contributed by atoms with Gasteiger partial charge in [-0.05, 0) is 74.9 Å². The maximum absolute atomic E-state index is 13.1. The lowest BCUT2D eigenvalue weighted by Gasteiger charge is -2.10. The molecule has 0 unspecified atom stereocenters. The smallest absolute Gasteiger partial charge is 0.137 e. The zero-order valence-corrected chi connectivity index (χ0v) is 12.4. The number of hydrogen-bond acceptors (Lipinski definition) is 2. The quantitative estimate of drug-likeness (QED) is 0.568. The summed E-state index contributed by atoms with van der Waals surface area (Å²) >= 11 is 5.34. The summed E-state index contributed by atoms with van der Waals surface area (Å²) in [5, 5.41) is 3.14. The van der Waals surface area contributed by atoms with Crippen LogP contribution in [-0.4, -0.2) is 0 Å². The van der Waals surface area contributed by atoms with Gasteiger partial charge in [0.15, 0.2) is 0 Å². The van der Waals surface area contributed by atoms with E-state index in [-0.39, 0.29) is 5.82 Å². The largest absolute Gasteiger partial charge is 0.397 e. The van der Waals surface area contributed by atoms with E-state index < -0.39 is 0 Å². The predicted octanol–water partition coefficient (Wildman–Crippen LogP) is 4.52. The Kier molecular flexibility index (Phi) is 3.88. The molecule has 0 spiro atoms. The maximum atomic E-state index is 13.1. The van der Waals surface area contributed by atoms with Crippen molar-refractivity contribution in [3.63, 3.8) is 0 Å². The Morgan fingerprint density at radius 1 is 1.18 bits per heavy atom. The molecule has 5 heteroatoms. The highest BCUT2D eigenvalue weighted by Crippen LogP contribution is 2.27. The van der Waals surface area contributed by atoms with Crippen LogP contribution in [0.5, 0.6) is 0 Å². The third kappa shape index (κ3) is 3.10. The summed E-state index contributed by atoms with van der Waals surface area (Å²) in [5.74, 6) is -0.286. The van der Waals surface area contributed by atoms with Gasteiger partial charge in [0.2, 0.25) is 0 Å². The Balaban J connectivity index is 2.28. The van der Waals surface area contributed by atoms with Crippen LogP contribution in [0.2, 0.25) is 0 Å². The molecule has 0 aliphatic heterocycles. The SMILES string of the molecule is Nc1cc(I)ccc1Nc1ccc(F)c(Br)c1. The van der Waals surface area contributed by atoms with Crippen molar-refractivity contribution in [3.8, 4) is 0 Å². The molecule has 0 radical (unpaired) electrons. The van der Waals surface area contributed by atoms with E-state index >= 15 is 0 Å². The van der Waals surface area contributed by atoms with Crippen molar-refractivity contribution >= 4 is 55.6 Å². The van der Waals surface area contributed by atoms with Crippen LogP contribution in [0.25, 0.3) is 0 Å². The average molecular weight is 407 g/mol. The molecular formula is C12H9BrFIN2. The third-order valence-corrected chi connectivity index (χ3v) is 3.49. The van der Waals surface area contributed by atoms with Gasteiger partial charge in [-0.3, -0.25) is 0 Å². The molecule has 2 aromatic carbocycles. The van der Waals surface area contributed by atoms with Gasteiger partial charge in [-0.2, -0.15) is 0 Å². The molecule has 2 aromatic rings. The Morgan fingerprint density at radius 2 is 1.94 bits per heavy atom. The van der Waals surface area contributed by atoms with Crippen molar-refractivity contribution in [2.24, 2.45) is 0 Å². The number of hydrogen-bond donors (Lipinski definition) is 2. The molecule has 3 N–H and O–H groups in total. The molecule has 0 fully saturated rings. The predicted molar refractivity (Wildman–Crippen MR) is 81.0 cm³/mol. The van der Waals surface area contributed by atoms with Crippen LogP contribution in [-0.2, 0) is 0 Å². The zero-order chi connectivity index (χ0) is 12.4. The number of halogens is 3. The van der Waals surface area contributed by atoms with Crippen LogP contribution < -0.4 is 11.1 Å². The molecule has 2 rings (SSSR count). The van der Waals surface area contributed by atoms with Gasteiger partial charge in [-0.15, -0.1) is 0 Å². The van der Waals surface area contributed by atoms with Gasteiger partial charge in [-0.25, -0.2) is 4.39 Å². The van der Waals surface area contributed by atoms with Crippen molar-refractivity contribution in [2.45, 2.75) is 0 Å². The second-order valence-electron chi connectivity index (χ2n) is 3.49. The summed E-state index contributed by atoms with van der Waals surface area (Å²) in [6, 6.07) is 10.5. The van der Waals surface area contributed by atoms with E-state index in [1.165, 1.54) is 6.07 Å². The van der Waals surface area contributed by atoms with E-state index in [1.807, 2.05) is 18.2 Å². The first-order valence-corrected chi connectivity index (χ1v) is 6.70. The first kappa shape index (κ1) is 12.6. The lowest BCUT2D eigenvalue weighted by molar-refractivity contribution is 0.621. The van der Waals surface area contributed by atoms with E-state index in [9.17, 15) is 4.39 Å².